The fraction of sp³-hybridized carbons (Fsp3) is 0.417. The van der Waals surface area contributed by atoms with Crippen LogP contribution in [0, 0.1) is 12.8 Å². The molecule has 0 aromatic heterocycles. The molecule has 1 aromatic rings. The summed E-state index contributed by atoms with van der Waals surface area (Å²) in [6, 6.07) is 2.85. The van der Waals surface area contributed by atoms with Crippen molar-refractivity contribution in [2.75, 3.05) is 0 Å². The molecule has 1 N–H and O–H groups in total. The Morgan fingerprint density at radius 2 is 2.00 bits per heavy atom. The topological polar surface area (TPSA) is 63.2 Å². The molecule has 2 atom stereocenters. The molecule has 0 saturated heterocycles. The third-order valence-corrected chi connectivity index (χ3v) is 4.92. The fourth-order valence-corrected chi connectivity index (χ4v) is 3.42. The van der Waals surface area contributed by atoms with E-state index in [1.165, 1.54) is 19.1 Å². The second kappa shape index (κ2) is 4.96. The highest BCUT2D eigenvalue weighted by molar-refractivity contribution is 8.13. The Balaban J connectivity index is 2.40. The molecule has 2 rings (SSSR count). The van der Waals surface area contributed by atoms with Gasteiger partial charge in [-0.15, -0.1) is 0 Å². The van der Waals surface area contributed by atoms with E-state index in [-0.39, 0.29) is 27.4 Å². The van der Waals surface area contributed by atoms with E-state index in [0.717, 1.165) is 6.42 Å². The van der Waals surface area contributed by atoms with Gasteiger partial charge in [0, 0.05) is 27.3 Å². The summed E-state index contributed by atoms with van der Waals surface area (Å²) in [6.45, 7) is 3.57. The van der Waals surface area contributed by atoms with Crippen molar-refractivity contribution in [2.45, 2.75) is 31.2 Å². The zero-order chi connectivity index (χ0) is 14.4. The molecule has 19 heavy (non-hydrogen) atoms. The maximum atomic E-state index is 12.1. The van der Waals surface area contributed by atoms with Gasteiger partial charge >= 0.3 is 0 Å². The highest BCUT2D eigenvalue weighted by atomic mass is 35.7. The van der Waals surface area contributed by atoms with Crippen LogP contribution >= 0.6 is 22.3 Å². The van der Waals surface area contributed by atoms with Crippen LogP contribution in [0.5, 0.6) is 0 Å². The van der Waals surface area contributed by atoms with E-state index in [9.17, 15) is 13.2 Å². The van der Waals surface area contributed by atoms with Crippen molar-refractivity contribution in [1.29, 1.82) is 0 Å². The Hall–Kier alpha value is -0.780. The van der Waals surface area contributed by atoms with Gasteiger partial charge in [0.1, 0.15) is 0 Å². The van der Waals surface area contributed by atoms with Gasteiger partial charge in [0.15, 0.2) is 0 Å². The monoisotopic (exact) mass is 321 g/mol. The molecule has 1 fully saturated rings. The van der Waals surface area contributed by atoms with Crippen molar-refractivity contribution in [2.24, 2.45) is 5.92 Å². The van der Waals surface area contributed by atoms with Crippen LogP contribution in [-0.4, -0.2) is 20.4 Å². The van der Waals surface area contributed by atoms with E-state index in [4.69, 9.17) is 22.3 Å². The van der Waals surface area contributed by atoms with E-state index >= 15 is 0 Å². The molecule has 1 amide bonds. The van der Waals surface area contributed by atoms with Crippen LogP contribution in [0.2, 0.25) is 5.02 Å². The Morgan fingerprint density at radius 3 is 2.47 bits per heavy atom. The molecular weight excluding hydrogens is 309 g/mol. The lowest BCUT2D eigenvalue weighted by Gasteiger charge is -2.10. The van der Waals surface area contributed by atoms with Crippen LogP contribution in [0.25, 0.3) is 0 Å². The molecule has 0 heterocycles. The van der Waals surface area contributed by atoms with Gasteiger partial charge in [-0.2, -0.15) is 0 Å². The summed E-state index contributed by atoms with van der Waals surface area (Å²) in [7, 11) is 1.41. The largest absolute Gasteiger partial charge is 0.349 e. The molecule has 1 saturated carbocycles. The molecule has 0 aliphatic heterocycles. The third kappa shape index (κ3) is 3.22. The lowest BCUT2D eigenvalue weighted by Crippen LogP contribution is -2.27. The van der Waals surface area contributed by atoms with Gasteiger partial charge in [0.25, 0.3) is 15.0 Å². The van der Waals surface area contributed by atoms with Crippen molar-refractivity contribution in [1.82, 2.24) is 5.32 Å². The van der Waals surface area contributed by atoms with Crippen LogP contribution in [0.3, 0.4) is 0 Å². The van der Waals surface area contributed by atoms with Gasteiger partial charge < -0.3 is 5.32 Å². The van der Waals surface area contributed by atoms with E-state index in [2.05, 4.69) is 5.32 Å². The quantitative estimate of drug-likeness (QED) is 0.870. The summed E-state index contributed by atoms with van der Waals surface area (Å²) in [6.07, 6.45) is 0.937. The molecule has 0 radical (unpaired) electrons. The summed E-state index contributed by atoms with van der Waals surface area (Å²) in [5.41, 5.74) is 0.552. The molecular formula is C12H13Cl2NO3S. The highest BCUT2D eigenvalue weighted by Gasteiger charge is 2.34. The van der Waals surface area contributed by atoms with Crippen LogP contribution in [0.4, 0.5) is 0 Å². The Kier molecular flexibility index (Phi) is 3.82. The number of halogens is 2. The third-order valence-electron chi connectivity index (χ3n) is 3.26. The maximum absolute atomic E-state index is 12.1. The van der Waals surface area contributed by atoms with Crippen LogP contribution < -0.4 is 5.32 Å². The molecule has 7 heteroatoms. The summed E-state index contributed by atoms with van der Waals surface area (Å²) in [5, 5.41) is 3.00. The minimum Gasteiger partial charge on any atom is -0.349 e. The number of amides is 1. The number of rotatable bonds is 3. The second-order valence-corrected chi connectivity index (χ2v) is 7.78. The predicted octanol–water partition coefficient (Wildman–Crippen LogP) is 2.71. The molecule has 0 bridgehead atoms. The Labute approximate surface area is 121 Å². The average Bonchev–Trinajstić information content (AvgIpc) is 2.95. The number of benzene rings is 1. The van der Waals surface area contributed by atoms with Crippen molar-refractivity contribution in [3.8, 4) is 0 Å². The maximum Gasteiger partial charge on any atom is 0.261 e. The lowest BCUT2D eigenvalue weighted by molar-refractivity contribution is 0.0948. The standard InChI is InChI=1S/C12H13Cl2NO3S/c1-6-3-10(6)15-12(16)9-4-8(13)5-11(7(9)2)19(14,17)18/h4-6,10H,3H2,1-2H3,(H,15,16). The minimum absolute atomic E-state index is 0.129. The number of carbonyl (C=O) groups excluding carboxylic acids is 1. The van der Waals surface area contributed by atoms with Crippen molar-refractivity contribution in [3.05, 3.63) is 28.3 Å². The first-order chi connectivity index (χ1) is 8.70. The van der Waals surface area contributed by atoms with E-state index in [0.29, 0.717) is 11.5 Å². The number of carbonyl (C=O) groups is 1. The Morgan fingerprint density at radius 1 is 1.42 bits per heavy atom. The average molecular weight is 322 g/mol. The molecule has 1 aromatic carbocycles. The van der Waals surface area contributed by atoms with Gasteiger partial charge in [-0.25, -0.2) is 8.42 Å². The van der Waals surface area contributed by atoms with Gasteiger partial charge in [0.2, 0.25) is 0 Å². The van der Waals surface area contributed by atoms with Crippen molar-refractivity contribution >= 4 is 37.2 Å². The summed E-state index contributed by atoms with van der Waals surface area (Å²) in [4.78, 5) is 12.0. The summed E-state index contributed by atoms with van der Waals surface area (Å²) in [5.74, 6) is 0.135. The number of hydrogen-bond acceptors (Lipinski definition) is 3. The molecule has 4 nitrogen and oxygen atoms in total. The zero-order valence-electron chi connectivity index (χ0n) is 10.4. The lowest BCUT2D eigenvalue weighted by atomic mass is 10.1. The van der Waals surface area contributed by atoms with Gasteiger partial charge in [-0.1, -0.05) is 18.5 Å². The van der Waals surface area contributed by atoms with Gasteiger partial charge in [0.05, 0.1) is 4.90 Å². The molecule has 1 aliphatic carbocycles. The Bertz CT molecular complexity index is 643. The summed E-state index contributed by atoms with van der Waals surface area (Å²) < 4.78 is 22.9. The van der Waals surface area contributed by atoms with Crippen LogP contribution in [0.1, 0.15) is 29.3 Å². The normalized spacial score (nSPS) is 22.1. The van der Waals surface area contributed by atoms with Crippen molar-refractivity contribution in [3.63, 3.8) is 0 Å². The summed E-state index contributed by atoms with van der Waals surface area (Å²) >= 11 is 5.85. The first kappa shape index (κ1) is 14.6. The first-order valence-electron chi connectivity index (χ1n) is 5.76. The predicted molar refractivity (Wildman–Crippen MR) is 74.3 cm³/mol. The number of hydrogen-bond donors (Lipinski definition) is 1. The minimum atomic E-state index is -3.93. The fourth-order valence-electron chi connectivity index (χ4n) is 1.91. The smallest absolute Gasteiger partial charge is 0.261 e. The van der Waals surface area contributed by atoms with E-state index < -0.39 is 9.05 Å². The molecule has 1 aliphatic rings. The van der Waals surface area contributed by atoms with Crippen molar-refractivity contribution < 1.29 is 13.2 Å². The van der Waals surface area contributed by atoms with E-state index in [1.807, 2.05) is 6.92 Å². The van der Waals surface area contributed by atoms with Gasteiger partial charge in [-0.05, 0) is 37.0 Å². The molecule has 104 valence electrons. The zero-order valence-corrected chi connectivity index (χ0v) is 12.7. The van der Waals surface area contributed by atoms with Gasteiger partial charge in [-0.3, -0.25) is 4.79 Å². The number of nitrogens with one attached hydrogen (secondary N) is 1. The second-order valence-electron chi connectivity index (χ2n) is 4.81. The van der Waals surface area contributed by atoms with Crippen LogP contribution in [-0.2, 0) is 9.05 Å². The molecule has 2 unspecified atom stereocenters. The first-order valence-corrected chi connectivity index (χ1v) is 8.44. The highest BCUT2D eigenvalue weighted by Crippen LogP contribution is 2.31. The SMILES string of the molecule is Cc1c(C(=O)NC2CC2C)cc(Cl)cc1S(=O)(=O)Cl. The molecule has 0 spiro atoms. The van der Waals surface area contributed by atoms with E-state index in [1.54, 1.807) is 0 Å². The van der Waals surface area contributed by atoms with Crippen LogP contribution in [0.15, 0.2) is 17.0 Å².